The van der Waals surface area contributed by atoms with Crippen LogP contribution in [0.15, 0.2) is 95.9 Å². The van der Waals surface area contributed by atoms with Gasteiger partial charge < -0.3 is 10.6 Å². The molecule has 0 aliphatic heterocycles. The molecule has 0 fully saturated rings. The number of nitrogens with zero attached hydrogens (tertiary/aromatic N) is 1. The zero-order chi connectivity index (χ0) is 24.8. The molecule has 0 saturated carbocycles. The van der Waals surface area contributed by atoms with Gasteiger partial charge in [0, 0.05) is 18.8 Å². The zero-order valence-corrected chi connectivity index (χ0v) is 20.1. The third kappa shape index (κ3) is 5.96. The Morgan fingerprint density at radius 2 is 1.57 bits per heavy atom. The van der Waals surface area contributed by atoms with Crippen molar-refractivity contribution < 1.29 is 17.6 Å². The zero-order valence-electron chi connectivity index (χ0n) is 19.2. The Bertz CT molecular complexity index is 1420. The number of fused-ring (bicyclic) bond motifs is 1. The summed E-state index contributed by atoms with van der Waals surface area (Å²) in [6.07, 6.45) is 0.353. The van der Waals surface area contributed by atoms with Gasteiger partial charge >= 0.3 is 6.03 Å². The minimum absolute atomic E-state index is 0.103. The Morgan fingerprint density at radius 3 is 2.29 bits per heavy atom. The fourth-order valence-corrected chi connectivity index (χ4v) is 5.23. The smallest absolute Gasteiger partial charge is 0.319 e. The molecule has 6 nitrogen and oxygen atoms in total. The van der Waals surface area contributed by atoms with E-state index in [4.69, 9.17) is 0 Å². The highest BCUT2D eigenvalue weighted by Gasteiger charge is 2.25. The molecular formula is C27H26FN3O3S. The Hall–Kier alpha value is -3.91. The maximum atomic E-state index is 13.6. The summed E-state index contributed by atoms with van der Waals surface area (Å²) in [7, 11) is -3.93. The minimum atomic E-state index is -3.93. The number of nitrogens with one attached hydrogen (secondary N) is 2. The number of carbonyl (C=O) groups is 1. The van der Waals surface area contributed by atoms with Crippen molar-refractivity contribution in [3.8, 4) is 0 Å². The number of halogens is 1. The number of benzene rings is 4. The number of sulfonamides is 1. The maximum Gasteiger partial charge on any atom is 0.319 e. The summed E-state index contributed by atoms with van der Waals surface area (Å²) in [5, 5.41) is 7.23. The van der Waals surface area contributed by atoms with Crippen LogP contribution < -0.4 is 14.9 Å². The second-order valence-corrected chi connectivity index (χ2v) is 10.0. The maximum absolute atomic E-state index is 13.6. The predicted octanol–water partition coefficient (Wildman–Crippen LogP) is 5.69. The largest absolute Gasteiger partial charge is 0.338 e. The van der Waals surface area contributed by atoms with Gasteiger partial charge in [0.15, 0.2) is 0 Å². The number of aryl methyl sites for hydroxylation is 1. The Labute approximate surface area is 204 Å². The Morgan fingerprint density at radius 1 is 0.886 bits per heavy atom. The van der Waals surface area contributed by atoms with Crippen LogP contribution in [-0.2, 0) is 10.0 Å². The predicted molar refractivity (Wildman–Crippen MR) is 138 cm³/mol. The number of anilines is 2. The van der Waals surface area contributed by atoms with E-state index in [1.54, 1.807) is 30.3 Å². The summed E-state index contributed by atoms with van der Waals surface area (Å²) < 4.78 is 41.9. The molecule has 0 radical (unpaired) electrons. The molecule has 4 aromatic rings. The van der Waals surface area contributed by atoms with Gasteiger partial charge in [0.05, 0.1) is 10.6 Å². The molecule has 0 aliphatic carbocycles. The number of carbonyl (C=O) groups excluding carboxylic acids is 1. The number of rotatable bonds is 8. The van der Waals surface area contributed by atoms with E-state index in [0.717, 1.165) is 16.3 Å². The van der Waals surface area contributed by atoms with Crippen LogP contribution in [0.25, 0.3) is 10.8 Å². The first-order valence-electron chi connectivity index (χ1n) is 11.2. The van der Waals surface area contributed by atoms with Crippen molar-refractivity contribution >= 4 is 38.2 Å². The summed E-state index contributed by atoms with van der Waals surface area (Å²) in [4.78, 5) is 12.3. The molecule has 8 heteroatoms. The van der Waals surface area contributed by atoms with Crippen molar-refractivity contribution in [2.45, 2.75) is 18.2 Å². The van der Waals surface area contributed by atoms with Gasteiger partial charge in [-0.3, -0.25) is 4.31 Å². The lowest BCUT2D eigenvalue weighted by atomic mass is 10.1. The molecule has 2 amide bonds. The van der Waals surface area contributed by atoms with Gasteiger partial charge in [0.1, 0.15) is 5.82 Å². The molecule has 2 N–H and O–H groups in total. The Balaban J connectivity index is 1.48. The summed E-state index contributed by atoms with van der Waals surface area (Å²) in [6.45, 7) is 2.32. The second kappa shape index (κ2) is 10.6. The molecule has 0 aliphatic rings. The average molecular weight is 492 g/mol. The van der Waals surface area contributed by atoms with E-state index in [1.807, 2.05) is 43.3 Å². The molecule has 4 rings (SSSR count). The SMILES string of the molecule is Cc1ccc(NC(=O)NCCCN(c2ccc(F)cc2)S(=O)(=O)c2ccc3ccccc3c2)cc1. The fourth-order valence-electron chi connectivity index (χ4n) is 3.69. The van der Waals surface area contributed by atoms with E-state index < -0.39 is 15.8 Å². The first-order valence-corrected chi connectivity index (χ1v) is 12.7. The van der Waals surface area contributed by atoms with Crippen LogP contribution in [0.1, 0.15) is 12.0 Å². The van der Waals surface area contributed by atoms with E-state index in [2.05, 4.69) is 10.6 Å². The Kier molecular flexibility index (Phi) is 7.31. The van der Waals surface area contributed by atoms with Crippen LogP contribution in [0, 0.1) is 12.7 Å². The third-order valence-corrected chi connectivity index (χ3v) is 7.38. The second-order valence-electron chi connectivity index (χ2n) is 8.16. The highest BCUT2D eigenvalue weighted by atomic mass is 32.2. The van der Waals surface area contributed by atoms with Gasteiger partial charge in [-0.25, -0.2) is 17.6 Å². The molecule has 0 spiro atoms. The molecule has 4 aromatic carbocycles. The standard InChI is InChI=1S/C27H26FN3O3S/c1-20-7-12-24(13-8-20)30-27(32)29-17-4-18-31(25-14-10-23(28)11-15-25)35(33,34)26-16-9-21-5-2-3-6-22(21)19-26/h2-3,5-16,19H,4,17-18H2,1H3,(H2,29,30,32). The van der Waals surface area contributed by atoms with Gasteiger partial charge in [0.25, 0.3) is 10.0 Å². The van der Waals surface area contributed by atoms with E-state index >= 15 is 0 Å². The first-order chi connectivity index (χ1) is 16.8. The molecule has 0 heterocycles. The normalized spacial score (nSPS) is 11.3. The quantitative estimate of drug-likeness (QED) is 0.311. The van der Waals surface area contributed by atoms with Gasteiger partial charge in [-0.15, -0.1) is 0 Å². The fraction of sp³-hybridized carbons (Fsp3) is 0.148. The third-order valence-electron chi connectivity index (χ3n) is 5.56. The minimum Gasteiger partial charge on any atom is -0.338 e. The van der Waals surface area contributed by atoms with Gasteiger partial charge in [0.2, 0.25) is 0 Å². The van der Waals surface area contributed by atoms with Crippen molar-refractivity contribution in [2.75, 3.05) is 22.7 Å². The van der Waals surface area contributed by atoms with E-state index in [-0.39, 0.29) is 24.0 Å². The van der Waals surface area contributed by atoms with Crippen LogP contribution in [0.3, 0.4) is 0 Å². The average Bonchev–Trinajstić information content (AvgIpc) is 2.86. The van der Waals surface area contributed by atoms with Crippen molar-refractivity contribution in [3.05, 3.63) is 102 Å². The van der Waals surface area contributed by atoms with Crippen molar-refractivity contribution in [3.63, 3.8) is 0 Å². The van der Waals surface area contributed by atoms with Crippen molar-refractivity contribution in [1.29, 1.82) is 0 Å². The summed E-state index contributed by atoms with van der Waals surface area (Å²) in [5.74, 6) is -0.453. The lowest BCUT2D eigenvalue weighted by molar-refractivity contribution is 0.252. The summed E-state index contributed by atoms with van der Waals surface area (Å²) in [5.41, 5.74) is 2.10. The lowest BCUT2D eigenvalue weighted by Gasteiger charge is -2.25. The number of amides is 2. The van der Waals surface area contributed by atoms with Crippen LogP contribution in [0.4, 0.5) is 20.6 Å². The number of urea groups is 1. The topological polar surface area (TPSA) is 78.5 Å². The number of hydrogen-bond acceptors (Lipinski definition) is 3. The molecule has 0 atom stereocenters. The van der Waals surface area contributed by atoms with Gasteiger partial charge in [-0.05, 0) is 72.6 Å². The van der Waals surface area contributed by atoms with Gasteiger partial charge in [-0.2, -0.15) is 0 Å². The number of hydrogen-bond donors (Lipinski definition) is 2. The van der Waals surface area contributed by atoms with Crippen LogP contribution in [0.2, 0.25) is 0 Å². The van der Waals surface area contributed by atoms with Crippen LogP contribution >= 0.6 is 0 Å². The highest BCUT2D eigenvalue weighted by Crippen LogP contribution is 2.27. The van der Waals surface area contributed by atoms with E-state index in [1.165, 1.54) is 28.6 Å². The molecule has 0 saturated heterocycles. The molecule has 180 valence electrons. The molecule has 35 heavy (non-hydrogen) atoms. The van der Waals surface area contributed by atoms with Crippen LogP contribution in [-0.4, -0.2) is 27.5 Å². The molecule has 0 bridgehead atoms. The molecule has 0 aromatic heterocycles. The molecular weight excluding hydrogens is 465 g/mol. The summed E-state index contributed by atoms with van der Waals surface area (Å²) >= 11 is 0. The molecule has 0 unspecified atom stereocenters. The van der Waals surface area contributed by atoms with Crippen molar-refractivity contribution in [1.82, 2.24) is 5.32 Å². The lowest BCUT2D eigenvalue weighted by Crippen LogP contribution is -2.35. The highest BCUT2D eigenvalue weighted by molar-refractivity contribution is 7.92. The van der Waals surface area contributed by atoms with E-state index in [9.17, 15) is 17.6 Å². The monoisotopic (exact) mass is 491 g/mol. The van der Waals surface area contributed by atoms with E-state index in [0.29, 0.717) is 17.8 Å². The first kappa shape index (κ1) is 24.2. The summed E-state index contributed by atoms with van der Waals surface area (Å²) in [6, 6.07) is 24.8. The van der Waals surface area contributed by atoms with Gasteiger partial charge in [-0.1, -0.05) is 48.0 Å². The van der Waals surface area contributed by atoms with Crippen molar-refractivity contribution in [2.24, 2.45) is 0 Å². The van der Waals surface area contributed by atoms with Crippen LogP contribution in [0.5, 0.6) is 0 Å².